The number of ether oxygens (including phenoxy) is 1. The summed E-state index contributed by atoms with van der Waals surface area (Å²) in [5.74, 6) is 0.916. The van der Waals surface area contributed by atoms with E-state index in [1.54, 1.807) is 4.90 Å². The highest BCUT2D eigenvalue weighted by Crippen LogP contribution is 2.16. The van der Waals surface area contributed by atoms with Crippen molar-refractivity contribution in [1.29, 1.82) is 0 Å². The Bertz CT molecular complexity index is 446. The third kappa shape index (κ3) is 6.63. The summed E-state index contributed by atoms with van der Waals surface area (Å²) < 4.78 is 5.63. The van der Waals surface area contributed by atoms with Gasteiger partial charge in [0.15, 0.2) is 0 Å². The van der Waals surface area contributed by atoms with Crippen molar-refractivity contribution in [3.63, 3.8) is 0 Å². The Kier molecular flexibility index (Phi) is 7.83. The molecule has 0 atom stereocenters. The fraction of sp³-hybridized carbons (Fsp3) is 0.588. The van der Waals surface area contributed by atoms with E-state index in [-0.39, 0.29) is 12.5 Å². The van der Waals surface area contributed by atoms with Crippen molar-refractivity contribution in [3.05, 3.63) is 29.3 Å². The minimum absolute atomic E-state index is 0.0998. The molecular formula is C17H27NO3. The van der Waals surface area contributed by atoms with E-state index in [1.165, 1.54) is 11.1 Å². The van der Waals surface area contributed by atoms with E-state index in [1.807, 2.05) is 32.2 Å². The van der Waals surface area contributed by atoms with Crippen LogP contribution in [0.4, 0.5) is 0 Å². The fourth-order valence-electron chi connectivity index (χ4n) is 2.01. The molecule has 1 N–H and O–H groups in total. The van der Waals surface area contributed by atoms with Gasteiger partial charge in [0.05, 0.1) is 13.0 Å². The van der Waals surface area contributed by atoms with Crippen LogP contribution in [0.3, 0.4) is 0 Å². The van der Waals surface area contributed by atoms with Crippen LogP contribution in [0.1, 0.15) is 36.8 Å². The van der Waals surface area contributed by atoms with Crippen LogP contribution in [0.2, 0.25) is 0 Å². The third-order valence-corrected chi connectivity index (χ3v) is 3.64. The maximum Gasteiger partial charge on any atom is 0.225 e. The number of carbonyl (C=O) groups is 1. The Morgan fingerprint density at radius 1 is 1.19 bits per heavy atom. The van der Waals surface area contributed by atoms with Gasteiger partial charge < -0.3 is 14.7 Å². The average molecular weight is 293 g/mol. The second-order valence-corrected chi connectivity index (χ2v) is 5.44. The maximum atomic E-state index is 11.9. The van der Waals surface area contributed by atoms with Crippen molar-refractivity contribution in [1.82, 2.24) is 4.90 Å². The van der Waals surface area contributed by atoms with Crippen molar-refractivity contribution in [2.24, 2.45) is 0 Å². The topological polar surface area (TPSA) is 49.8 Å². The summed E-state index contributed by atoms with van der Waals surface area (Å²) in [5, 5.41) is 8.70. The summed E-state index contributed by atoms with van der Waals surface area (Å²) in [6.45, 7) is 5.48. The first kappa shape index (κ1) is 17.5. The smallest absolute Gasteiger partial charge is 0.225 e. The minimum atomic E-state index is 0.0998. The number of aliphatic hydroxyl groups excluding tert-OH is 1. The van der Waals surface area contributed by atoms with E-state index in [4.69, 9.17) is 9.84 Å². The largest absolute Gasteiger partial charge is 0.493 e. The first-order valence-corrected chi connectivity index (χ1v) is 7.59. The number of nitrogens with zero attached hydrogens (tertiary/aromatic N) is 1. The van der Waals surface area contributed by atoms with E-state index in [0.29, 0.717) is 13.0 Å². The highest BCUT2D eigenvalue weighted by Gasteiger charge is 2.08. The number of aliphatic hydroxyl groups is 1. The van der Waals surface area contributed by atoms with Crippen molar-refractivity contribution in [3.8, 4) is 5.75 Å². The van der Waals surface area contributed by atoms with Crippen LogP contribution in [0.15, 0.2) is 18.2 Å². The van der Waals surface area contributed by atoms with Crippen molar-refractivity contribution >= 4 is 5.91 Å². The van der Waals surface area contributed by atoms with Crippen LogP contribution < -0.4 is 4.74 Å². The molecule has 1 amide bonds. The van der Waals surface area contributed by atoms with Crippen molar-refractivity contribution in [2.75, 3.05) is 26.8 Å². The molecule has 0 heterocycles. The van der Waals surface area contributed by atoms with E-state index in [9.17, 15) is 4.79 Å². The summed E-state index contributed by atoms with van der Waals surface area (Å²) in [5.41, 5.74) is 2.43. The number of rotatable bonds is 9. The Hall–Kier alpha value is -1.55. The maximum absolute atomic E-state index is 11.9. The summed E-state index contributed by atoms with van der Waals surface area (Å²) in [7, 11) is 1.82. The van der Waals surface area contributed by atoms with Crippen LogP contribution in [0.5, 0.6) is 5.75 Å². The second-order valence-electron chi connectivity index (χ2n) is 5.44. The molecule has 1 aromatic carbocycles. The Balaban J connectivity index is 2.24. The van der Waals surface area contributed by atoms with Gasteiger partial charge in [-0.25, -0.2) is 0 Å². The molecule has 1 rings (SSSR count). The number of carbonyl (C=O) groups excluding carboxylic acids is 1. The van der Waals surface area contributed by atoms with Gasteiger partial charge in [-0.2, -0.15) is 0 Å². The van der Waals surface area contributed by atoms with Crippen molar-refractivity contribution < 1.29 is 14.6 Å². The van der Waals surface area contributed by atoms with Gasteiger partial charge in [0.1, 0.15) is 5.75 Å². The molecular weight excluding hydrogens is 266 g/mol. The average Bonchev–Trinajstić information content (AvgIpc) is 2.47. The molecule has 0 fully saturated rings. The normalized spacial score (nSPS) is 10.5. The molecule has 0 unspecified atom stereocenters. The van der Waals surface area contributed by atoms with Gasteiger partial charge in [0.25, 0.3) is 0 Å². The SMILES string of the molecule is Cc1ccc(OCCC(=O)N(C)CCCCCO)cc1C. The molecule has 0 aliphatic carbocycles. The predicted molar refractivity (Wildman–Crippen MR) is 84.6 cm³/mol. The first-order chi connectivity index (χ1) is 10.0. The number of amides is 1. The Morgan fingerprint density at radius 2 is 1.95 bits per heavy atom. The summed E-state index contributed by atoms with van der Waals surface area (Å²) >= 11 is 0. The van der Waals surface area contributed by atoms with Gasteiger partial charge in [-0.15, -0.1) is 0 Å². The summed E-state index contributed by atoms with van der Waals surface area (Å²) in [6, 6.07) is 5.96. The molecule has 4 nitrogen and oxygen atoms in total. The highest BCUT2D eigenvalue weighted by molar-refractivity contribution is 5.75. The van der Waals surface area contributed by atoms with Gasteiger partial charge in [-0.05, 0) is 56.4 Å². The van der Waals surface area contributed by atoms with Crippen LogP contribution in [0, 0.1) is 13.8 Å². The molecule has 4 heteroatoms. The highest BCUT2D eigenvalue weighted by atomic mass is 16.5. The molecule has 0 spiro atoms. The van der Waals surface area contributed by atoms with Crippen LogP contribution in [-0.2, 0) is 4.79 Å². The van der Waals surface area contributed by atoms with Gasteiger partial charge in [-0.3, -0.25) is 4.79 Å². The monoisotopic (exact) mass is 293 g/mol. The van der Waals surface area contributed by atoms with E-state index in [2.05, 4.69) is 6.92 Å². The molecule has 118 valence electrons. The van der Waals surface area contributed by atoms with Gasteiger partial charge >= 0.3 is 0 Å². The predicted octanol–water partition coefficient (Wildman–Crippen LogP) is 2.69. The van der Waals surface area contributed by atoms with Crippen molar-refractivity contribution in [2.45, 2.75) is 39.5 Å². The molecule has 0 saturated heterocycles. The molecule has 0 aliphatic heterocycles. The summed E-state index contributed by atoms with van der Waals surface area (Å²) in [4.78, 5) is 13.7. The quantitative estimate of drug-likeness (QED) is 0.712. The number of unbranched alkanes of at least 4 members (excludes halogenated alkanes) is 2. The molecule has 0 radical (unpaired) electrons. The standard InChI is InChI=1S/C17H27NO3/c1-14-7-8-16(13-15(14)2)21-12-9-17(20)18(3)10-5-4-6-11-19/h7-8,13,19H,4-6,9-12H2,1-3H3. The van der Waals surface area contributed by atoms with Crippen LogP contribution >= 0.6 is 0 Å². The van der Waals surface area contributed by atoms with Gasteiger partial charge in [0, 0.05) is 20.2 Å². The zero-order valence-electron chi connectivity index (χ0n) is 13.4. The van der Waals surface area contributed by atoms with Gasteiger partial charge in [-0.1, -0.05) is 6.07 Å². The molecule has 0 bridgehead atoms. The zero-order valence-corrected chi connectivity index (χ0v) is 13.4. The van der Waals surface area contributed by atoms with E-state index >= 15 is 0 Å². The lowest BCUT2D eigenvalue weighted by Crippen LogP contribution is -2.28. The van der Waals surface area contributed by atoms with Crippen LogP contribution in [0.25, 0.3) is 0 Å². The van der Waals surface area contributed by atoms with Gasteiger partial charge in [0.2, 0.25) is 5.91 Å². The number of hydrogen-bond acceptors (Lipinski definition) is 3. The molecule has 1 aromatic rings. The lowest BCUT2D eigenvalue weighted by Gasteiger charge is -2.17. The second kappa shape index (κ2) is 9.40. The van der Waals surface area contributed by atoms with E-state index in [0.717, 1.165) is 31.6 Å². The van der Waals surface area contributed by atoms with Crippen LogP contribution in [-0.4, -0.2) is 42.7 Å². The molecule has 0 aromatic heterocycles. The van der Waals surface area contributed by atoms with E-state index < -0.39 is 0 Å². The first-order valence-electron chi connectivity index (χ1n) is 7.59. The number of aryl methyl sites for hydroxylation is 2. The minimum Gasteiger partial charge on any atom is -0.493 e. The third-order valence-electron chi connectivity index (χ3n) is 3.64. The Labute approximate surface area is 127 Å². The molecule has 0 saturated carbocycles. The summed E-state index contributed by atoms with van der Waals surface area (Å²) in [6.07, 6.45) is 3.08. The zero-order chi connectivity index (χ0) is 15.7. The number of hydrogen-bond donors (Lipinski definition) is 1. The fourth-order valence-corrected chi connectivity index (χ4v) is 2.01. The molecule has 21 heavy (non-hydrogen) atoms. The lowest BCUT2D eigenvalue weighted by atomic mass is 10.1. The lowest BCUT2D eigenvalue weighted by molar-refractivity contribution is -0.130. The number of benzene rings is 1. The Morgan fingerprint density at radius 3 is 2.62 bits per heavy atom. The molecule has 0 aliphatic rings.